The fraction of sp³-hybridized carbons (Fsp3) is 0.286. The van der Waals surface area contributed by atoms with E-state index in [1.54, 1.807) is 24.5 Å². The van der Waals surface area contributed by atoms with Crippen LogP contribution in [0.5, 0.6) is 0 Å². The van der Waals surface area contributed by atoms with Crippen LogP contribution in [0.25, 0.3) is 0 Å². The van der Waals surface area contributed by atoms with E-state index < -0.39 is 0 Å². The van der Waals surface area contributed by atoms with Gasteiger partial charge in [0.25, 0.3) is 0 Å². The zero-order chi connectivity index (χ0) is 13.5. The number of nitrogens with one attached hydrogen (secondary N) is 1. The number of methoxy groups -OCH3 is 1. The first-order valence-electron chi connectivity index (χ1n) is 5.99. The van der Waals surface area contributed by atoms with E-state index in [0.29, 0.717) is 18.0 Å². The lowest BCUT2D eigenvalue weighted by atomic mass is 10.2. The van der Waals surface area contributed by atoms with Crippen LogP contribution in [0.2, 0.25) is 0 Å². The molecule has 0 fully saturated rings. The Bertz CT molecular complexity index is 502. The molecule has 0 aliphatic rings. The predicted molar refractivity (Wildman–Crippen MR) is 78.4 cm³/mol. The SMILES string of the molecule is COCCNCc1cccc(F)c1Sc1cccs1. The molecule has 0 unspecified atom stereocenters. The Balaban J connectivity index is 2.07. The van der Waals surface area contributed by atoms with Crippen molar-refractivity contribution in [2.24, 2.45) is 0 Å². The minimum Gasteiger partial charge on any atom is -0.383 e. The molecule has 0 bridgehead atoms. The van der Waals surface area contributed by atoms with E-state index in [1.807, 2.05) is 23.6 Å². The fourth-order valence-electron chi connectivity index (χ4n) is 1.63. The molecule has 0 saturated carbocycles. The van der Waals surface area contributed by atoms with E-state index in [0.717, 1.165) is 16.3 Å². The Morgan fingerprint density at radius 1 is 1.32 bits per heavy atom. The van der Waals surface area contributed by atoms with Gasteiger partial charge in [-0.3, -0.25) is 0 Å². The van der Waals surface area contributed by atoms with Crippen molar-refractivity contribution in [3.8, 4) is 0 Å². The highest BCUT2D eigenvalue weighted by molar-refractivity contribution is 8.01. The average Bonchev–Trinajstić information content (AvgIpc) is 2.91. The number of hydrogen-bond donors (Lipinski definition) is 1. The van der Waals surface area contributed by atoms with Gasteiger partial charge in [-0.25, -0.2) is 4.39 Å². The van der Waals surface area contributed by atoms with Gasteiger partial charge in [0, 0.05) is 20.2 Å². The van der Waals surface area contributed by atoms with Gasteiger partial charge in [-0.15, -0.1) is 11.3 Å². The van der Waals surface area contributed by atoms with Gasteiger partial charge < -0.3 is 10.1 Å². The average molecular weight is 297 g/mol. The van der Waals surface area contributed by atoms with Gasteiger partial charge in [-0.05, 0) is 23.1 Å². The molecule has 0 radical (unpaired) electrons. The molecular formula is C14H16FNOS2. The first kappa shape index (κ1) is 14.5. The van der Waals surface area contributed by atoms with Crippen molar-refractivity contribution in [3.05, 3.63) is 47.1 Å². The maximum Gasteiger partial charge on any atom is 0.137 e. The zero-order valence-electron chi connectivity index (χ0n) is 10.7. The number of rotatable bonds is 7. The molecule has 5 heteroatoms. The lowest BCUT2D eigenvalue weighted by Gasteiger charge is -2.10. The molecular weight excluding hydrogens is 281 g/mol. The summed E-state index contributed by atoms with van der Waals surface area (Å²) in [7, 11) is 1.67. The standard InChI is InChI=1S/C14H16FNOS2/c1-17-8-7-16-10-11-4-2-5-12(15)14(11)19-13-6-3-9-18-13/h2-6,9,16H,7-8,10H2,1H3. The Kier molecular flexibility index (Phi) is 5.85. The molecule has 2 rings (SSSR count). The normalized spacial score (nSPS) is 10.8. The minimum atomic E-state index is -0.163. The van der Waals surface area contributed by atoms with Crippen molar-refractivity contribution in [2.75, 3.05) is 20.3 Å². The third kappa shape index (κ3) is 4.31. The fourth-order valence-corrected chi connectivity index (χ4v) is 3.47. The van der Waals surface area contributed by atoms with Crippen LogP contribution in [-0.2, 0) is 11.3 Å². The summed E-state index contributed by atoms with van der Waals surface area (Å²) in [5, 5.41) is 5.25. The van der Waals surface area contributed by atoms with Gasteiger partial charge in [0.05, 0.1) is 15.7 Å². The minimum absolute atomic E-state index is 0.163. The summed E-state index contributed by atoms with van der Waals surface area (Å²) in [4.78, 5) is 0.704. The molecule has 2 aromatic rings. The summed E-state index contributed by atoms with van der Waals surface area (Å²) < 4.78 is 20.0. The summed E-state index contributed by atoms with van der Waals surface area (Å²) in [6.07, 6.45) is 0. The van der Waals surface area contributed by atoms with E-state index in [-0.39, 0.29) is 5.82 Å². The maximum absolute atomic E-state index is 13.9. The van der Waals surface area contributed by atoms with Crippen molar-refractivity contribution < 1.29 is 9.13 Å². The van der Waals surface area contributed by atoms with Crippen molar-refractivity contribution >= 4 is 23.1 Å². The van der Waals surface area contributed by atoms with Gasteiger partial charge in [0.15, 0.2) is 0 Å². The summed E-state index contributed by atoms with van der Waals surface area (Å²) in [5.74, 6) is -0.163. The first-order valence-corrected chi connectivity index (χ1v) is 7.69. The van der Waals surface area contributed by atoms with E-state index >= 15 is 0 Å². The Hall–Kier alpha value is -0.880. The van der Waals surface area contributed by atoms with E-state index in [4.69, 9.17) is 4.74 Å². The molecule has 0 aliphatic heterocycles. The zero-order valence-corrected chi connectivity index (χ0v) is 12.3. The van der Waals surface area contributed by atoms with Crippen LogP contribution in [0.1, 0.15) is 5.56 Å². The van der Waals surface area contributed by atoms with E-state index in [2.05, 4.69) is 5.32 Å². The number of halogens is 1. The van der Waals surface area contributed by atoms with Crippen LogP contribution in [0, 0.1) is 5.82 Å². The monoisotopic (exact) mass is 297 g/mol. The van der Waals surface area contributed by atoms with Crippen LogP contribution >= 0.6 is 23.1 Å². The highest BCUT2D eigenvalue weighted by Gasteiger charge is 2.10. The van der Waals surface area contributed by atoms with Crippen molar-refractivity contribution in [3.63, 3.8) is 0 Å². The molecule has 2 nitrogen and oxygen atoms in total. The van der Waals surface area contributed by atoms with Gasteiger partial charge in [-0.1, -0.05) is 30.0 Å². The molecule has 19 heavy (non-hydrogen) atoms. The molecule has 1 aromatic carbocycles. The Labute approximate surface area is 121 Å². The van der Waals surface area contributed by atoms with Crippen molar-refractivity contribution in [1.29, 1.82) is 0 Å². The number of thiophene rings is 1. The Morgan fingerprint density at radius 2 is 2.21 bits per heavy atom. The molecule has 0 saturated heterocycles. The molecule has 102 valence electrons. The second-order valence-corrected chi connectivity index (χ2v) is 6.19. The lowest BCUT2D eigenvalue weighted by molar-refractivity contribution is 0.199. The highest BCUT2D eigenvalue weighted by Crippen LogP contribution is 2.35. The van der Waals surface area contributed by atoms with Crippen molar-refractivity contribution in [2.45, 2.75) is 15.6 Å². The third-order valence-electron chi connectivity index (χ3n) is 2.54. The van der Waals surface area contributed by atoms with Crippen LogP contribution in [0.3, 0.4) is 0 Å². The summed E-state index contributed by atoms with van der Waals surface area (Å²) in [6.45, 7) is 2.06. The van der Waals surface area contributed by atoms with E-state index in [1.165, 1.54) is 17.8 Å². The van der Waals surface area contributed by atoms with Gasteiger partial charge >= 0.3 is 0 Å². The first-order chi connectivity index (χ1) is 9.31. The van der Waals surface area contributed by atoms with E-state index in [9.17, 15) is 4.39 Å². The summed E-state index contributed by atoms with van der Waals surface area (Å²) in [6, 6.07) is 9.20. The predicted octanol–water partition coefficient (Wildman–Crippen LogP) is 3.77. The second kappa shape index (κ2) is 7.65. The van der Waals surface area contributed by atoms with Crippen LogP contribution < -0.4 is 5.32 Å². The quantitative estimate of drug-likeness (QED) is 0.786. The number of benzene rings is 1. The van der Waals surface area contributed by atoms with Gasteiger partial charge in [-0.2, -0.15) is 0 Å². The highest BCUT2D eigenvalue weighted by atomic mass is 32.2. The molecule has 1 aromatic heterocycles. The Morgan fingerprint density at radius 3 is 2.95 bits per heavy atom. The van der Waals surface area contributed by atoms with Crippen LogP contribution in [0.4, 0.5) is 4.39 Å². The smallest absolute Gasteiger partial charge is 0.137 e. The van der Waals surface area contributed by atoms with Gasteiger partial charge in [0.2, 0.25) is 0 Å². The van der Waals surface area contributed by atoms with Crippen molar-refractivity contribution in [1.82, 2.24) is 5.32 Å². The summed E-state index contributed by atoms with van der Waals surface area (Å²) >= 11 is 3.11. The lowest BCUT2D eigenvalue weighted by Crippen LogP contribution is -2.19. The molecule has 0 spiro atoms. The topological polar surface area (TPSA) is 21.3 Å². The largest absolute Gasteiger partial charge is 0.383 e. The third-order valence-corrected chi connectivity index (χ3v) is 4.74. The maximum atomic E-state index is 13.9. The molecule has 0 aliphatic carbocycles. The number of hydrogen-bond acceptors (Lipinski definition) is 4. The van der Waals surface area contributed by atoms with Crippen LogP contribution in [0.15, 0.2) is 44.8 Å². The number of ether oxygens (including phenoxy) is 1. The summed E-state index contributed by atoms with van der Waals surface area (Å²) in [5.41, 5.74) is 0.981. The second-order valence-electron chi connectivity index (χ2n) is 3.93. The molecule has 1 N–H and O–H groups in total. The van der Waals surface area contributed by atoms with Crippen LogP contribution in [-0.4, -0.2) is 20.3 Å². The van der Waals surface area contributed by atoms with Gasteiger partial charge in [0.1, 0.15) is 5.82 Å². The molecule has 0 amide bonds. The molecule has 1 heterocycles. The molecule has 0 atom stereocenters.